The molecule has 1 aliphatic heterocycles. The van der Waals surface area contributed by atoms with Crippen LogP contribution in [-0.2, 0) is 11.2 Å². The molecule has 0 saturated heterocycles. The number of allylic oxidation sites excluding steroid dienone is 1. The molecule has 0 saturated carbocycles. The van der Waals surface area contributed by atoms with Crippen molar-refractivity contribution in [1.29, 1.82) is 0 Å². The average Bonchev–Trinajstić information content (AvgIpc) is 3.38. The number of halogens is 1. The summed E-state index contributed by atoms with van der Waals surface area (Å²) in [7, 11) is 2.90. The molecule has 164 valence electrons. The van der Waals surface area contributed by atoms with Gasteiger partial charge in [-0.05, 0) is 25.0 Å². The molecule has 1 N–H and O–H groups in total. The first kappa shape index (κ1) is 21.3. The first-order chi connectivity index (χ1) is 14.9. The summed E-state index contributed by atoms with van der Waals surface area (Å²) in [5, 5.41) is 3.45. The number of Topliss-reactive ketones (excluding diaryl/α,β-unsaturated/α-hetero) is 1. The van der Waals surface area contributed by atoms with Gasteiger partial charge >= 0.3 is 0 Å². The Morgan fingerprint density at radius 3 is 2.68 bits per heavy atom. The third-order valence-corrected chi connectivity index (χ3v) is 6.20. The summed E-state index contributed by atoms with van der Waals surface area (Å²) in [6, 6.07) is 5.32. The highest BCUT2D eigenvalue weighted by Gasteiger charge is 2.60. The van der Waals surface area contributed by atoms with Gasteiger partial charge in [-0.25, -0.2) is 0 Å². The monoisotopic (exact) mass is 445 g/mol. The summed E-state index contributed by atoms with van der Waals surface area (Å²) in [5.74, 6) is 0.395. The molecule has 1 aromatic carbocycles. The van der Waals surface area contributed by atoms with Crippen LogP contribution in [0.2, 0.25) is 5.02 Å². The molecule has 1 aliphatic carbocycles. The molecule has 0 fully saturated rings. The van der Waals surface area contributed by atoms with E-state index in [0.717, 1.165) is 24.3 Å². The Morgan fingerprint density at radius 2 is 2.03 bits per heavy atom. The van der Waals surface area contributed by atoms with E-state index < -0.39 is 23.1 Å². The number of furan rings is 1. The molecular formula is C23H24ClNO6. The van der Waals surface area contributed by atoms with Crippen LogP contribution < -0.4 is 19.5 Å². The van der Waals surface area contributed by atoms with Gasteiger partial charge in [0.25, 0.3) is 0 Å². The SMILES string of the molecule is COc1cc(OC)c2c(c1Cl)O[C@@]1(C(=O)C=C(NCCCc3ccco3)C[C@H]1C)C2=O. The maximum atomic E-state index is 13.4. The molecule has 31 heavy (non-hydrogen) atoms. The van der Waals surface area contributed by atoms with E-state index >= 15 is 0 Å². The van der Waals surface area contributed by atoms with Crippen LogP contribution in [0.1, 0.15) is 35.9 Å². The number of hydrogen-bond acceptors (Lipinski definition) is 7. The van der Waals surface area contributed by atoms with Gasteiger partial charge in [-0.3, -0.25) is 9.59 Å². The minimum Gasteiger partial charge on any atom is -0.496 e. The van der Waals surface area contributed by atoms with Crippen molar-refractivity contribution in [1.82, 2.24) is 5.32 Å². The molecule has 0 bridgehead atoms. The fourth-order valence-corrected chi connectivity index (χ4v) is 4.48. The Bertz CT molecular complexity index is 1040. The van der Waals surface area contributed by atoms with Crippen LogP contribution in [0, 0.1) is 5.92 Å². The van der Waals surface area contributed by atoms with Crippen molar-refractivity contribution in [3.05, 3.63) is 52.6 Å². The average molecular weight is 446 g/mol. The molecule has 0 amide bonds. The number of ether oxygens (including phenoxy) is 3. The van der Waals surface area contributed by atoms with E-state index in [1.54, 1.807) is 6.26 Å². The zero-order valence-corrected chi connectivity index (χ0v) is 18.4. The number of nitrogens with one attached hydrogen (secondary N) is 1. The molecule has 1 spiro atoms. The maximum absolute atomic E-state index is 13.4. The number of hydrogen-bond donors (Lipinski definition) is 1. The topological polar surface area (TPSA) is 87.0 Å². The molecule has 8 heteroatoms. The summed E-state index contributed by atoms with van der Waals surface area (Å²) < 4.78 is 22.0. The van der Waals surface area contributed by atoms with Crippen molar-refractivity contribution >= 4 is 23.2 Å². The lowest BCUT2D eigenvalue weighted by Gasteiger charge is -2.35. The largest absolute Gasteiger partial charge is 0.496 e. The Hall–Kier alpha value is -2.93. The van der Waals surface area contributed by atoms with E-state index in [1.807, 2.05) is 19.1 Å². The predicted octanol–water partition coefficient (Wildman–Crippen LogP) is 3.98. The smallest absolute Gasteiger partial charge is 0.236 e. The number of aryl methyl sites for hydroxylation is 1. The number of methoxy groups -OCH3 is 2. The van der Waals surface area contributed by atoms with Gasteiger partial charge < -0.3 is 23.9 Å². The van der Waals surface area contributed by atoms with Crippen LogP contribution in [0.5, 0.6) is 17.2 Å². The molecule has 2 aliphatic rings. The second-order valence-electron chi connectivity index (χ2n) is 7.71. The molecule has 1 aromatic heterocycles. The van der Waals surface area contributed by atoms with Crippen LogP contribution in [0.4, 0.5) is 0 Å². The fourth-order valence-electron chi connectivity index (χ4n) is 4.22. The van der Waals surface area contributed by atoms with E-state index in [0.29, 0.717) is 18.7 Å². The van der Waals surface area contributed by atoms with Gasteiger partial charge in [0.1, 0.15) is 27.8 Å². The van der Waals surface area contributed by atoms with Gasteiger partial charge in [-0.1, -0.05) is 18.5 Å². The second kappa shape index (κ2) is 8.30. The fraction of sp³-hybridized carbons (Fsp3) is 0.391. The van der Waals surface area contributed by atoms with Gasteiger partial charge in [-0.2, -0.15) is 0 Å². The van der Waals surface area contributed by atoms with Crippen LogP contribution >= 0.6 is 11.6 Å². The van der Waals surface area contributed by atoms with Crippen LogP contribution in [0.25, 0.3) is 0 Å². The highest BCUT2D eigenvalue weighted by Crippen LogP contribution is 2.52. The Balaban J connectivity index is 1.55. The lowest BCUT2D eigenvalue weighted by Crippen LogP contribution is -2.55. The van der Waals surface area contributed by atoms with Crippen molar-refractivity contribution in [2.24, 2.45) is 5.92 Å². The molecular weight excluding hydrogens is 422 g/mol. The molecule has 4 rings (SSSR count). The summed E-state index contributed by atoms with van der Waals surface area (Å²) in [6.07, 6.45) is 5.26. The van der Waals surface area contributed by atoms with Crippen molar-refractivity contribution in [2.75, 3.05) is 20.8 Å². The molecule has 0 unspecified atom stereocenters. The Morgan fingerprint density at radius 1 is 1.26 bits per heavy atom. The van der Waals surface area contributed by atoms with Gasteiger partial charge in [-0.15, -0.1) is 0 Å². The summed E-state index contributed by atoms with van der Waals surface area (Å²) in [5.41, 5.74) is -0.687. The lowest BCUT2D eigenvalue weighted by atomic mass is 9.74. The summed E-state index contributed by atoms with van der Waals surface area (Å²) in [4.78, 5) is 26.6. The van der Waals surface area contributed by atoms with E-state index in [1.165, 1.54) is 26.4 Å². The van der Waals surface area contributed by atoms with Crippen molar-refractivity contribution in [3.8, 4) is 17.2 Å². The van der Waals surface area contributed by atoms with Crippen molar-refractivity contribution < 1.29 is 28.2 Å². The number of rotatable bonds is 7. The molecule has 2 heterocycles. The molecule has 2 aromatic rings. The second-order valence-corrected chi connectivity index (χ2v) is 8.09. The van der Waals surface area contributed by atoms with E-state index in [2.05, 4.69) is 5.32 Å². The minimum atomic E-state index is -1.65. The minimum absolute atomic E-state index is 0.131. The number of fused-ring (bicyclic) bond motifs is 1. The molecule has 0 radical (unpaired) electrons. The van der Waals surface area contributed by atoms with Crippen molar-refractivity contribution in [3.63, 3.8) is 0 Å². The number of carbonyl (C=O) groups excluding carboxylic acids is 2. The van der Waals surface area contributed by atoms with Gasteiger partial charge in [0.05, 0.1) is 20.5 Å². The van der Waals surface area contributed by atoms with Crippen LogP contribution in [0.15, 0.2) is 40.7 Å². The van der Waals surface area contributed by atoms with E-state index in [-0.39, 0.29) is 22.1 Å². The Labute approximate surface area is 185 Å². The van der Waals surface area contributed by atoms with Gasteiger partial charge in [0, 0.05) is 36.7 Å². The van der Waals surface area contributed by atoms with E-state index in [9.17, 15) is 9.59 Å². The quantitative estimate of drug-likeness (QED) is 0.509. The predicted molar refractivity (Wildman–Crippen MR) is 114 cm³/mol. The van der Waals surface area contributed by atoms with Crippen molar-refractivity contribution in [2.45, 2.75) is 31.8 Å². The zero-order chi connectivity index (χ0) is 22.2. The molecule has 7 nitrogen and oxygen atoms in total. The number of ketones is 2. The maximum Gasteiger partial charge on any atom is 0.236 e. The standard InChI is InChI=1S/C23H24ClNO6/c1-13-10-14(25-8-4-6-15-7-5-9-30-15)11-18(26)23(13)22(27)19-16(28-2)12-17(29-3)20(24)21(19)31-23/h5,7,9,11-13,25H,4,6,8,10H2,1-3H3/t13-,23+/m1/s1. The first-order valence-corrected chi connectivity index (χ1v) is 10.5. The summed E-state index contributed by atoms with van der Waals surface area (Å²) >= 11 is 6.40. The van der Waals surface area contributed by atoms with Crippen LogP contribution in [0.3, 0.4) is 0 Å². The van der Waals surface area contributed by atoms with Gasteiger partial charge in [0.2, 0.25) is 17.2 Å². The van der Waals surface area contributed by atoms with Gasteiger partial charge in [0.15, 0.2) is 5.75 Å². The normalized spacial score (nSPS) is 22.2. The van der Waals surface area contributed by atoms with Crippen LogP contribution in [-0.4, -0.2) is 37.9 Å². The highest BCUT2D eigenvalue weighted by atomic mass is 35.5. The Kier molecular flexibility index (Phi) is 5.71. The zero-order valence-electron chi connectivity index (χ0n) is 17.6. The number of carbonyl (C=O) groups is 2. The lowest BCUT2D eigenvalue weighted by molar-refractivity contribution is -0.129. The first-order valence-electron chi connectivity index (χ1n) is 10.1. The highest BCUT2D eigenvalue weighted by molar-refractivity contribution is 6.36. The summed E-state index contributed by atoms with van der Waals surface area (Å²) in [6.45, 7) is 2.52. The molecule has 2 atom stereocenters. The third kappa shape index (κ3) is 3.47. The third-order valence-electron chi connectivity index (χ3n) is 5.84. The van der Waals surface area contributed by atoms with E-state index in [4.69, 9.17) is 30.2 Å². The number of benzene rings is 1.